The zero-order chi connectivity index (χ0) is 18.0. The molecule has 3 aromatic rings. The van der Waals surface area contributed by atoms with Gasteiger partial charge in [0.25, 0.3) is 0 Å². The predicted molar refractivity (Wildman–Crippen MR) is 105 cm³/mol. The Labute approximate surface area is 159 Å². The van der Waals surface area contributed by atoms with Crippen molar-refractivity contribution in [3.63, 3.8) is 0 Å². The highest BCUT2D eigenvalue weighted by Crippen LogP contribution is 2.33. The first-order valence-corrected chi connectivity index (χ1v) is 8.69. The lowest BCUT2D eigenvalue weighted by atomic mass is 10.1. The third-order valence-electron chi connectivity index (χ3n) is 3.56. The molecule has 25 heavy (non-hydrogen) atoms. The summed E-state index contributed by atoms with van der Waals surface area (Å²) in [4.78, 5) is 8.33. The fourth-order valence-corrected chi connectivity index (χ4v) is 2.85. The highest BCUT2D eigenvalue weighted by atomic mass is 79.9. The Bertz CT molecular complexity index is 910. The highest BCUT2D eigenvalue weighted by molar-refractivity contribution is 9.10. The number of nitrogens with two attached hydrogens (primary N) is 1. The van der Waals surface area contributed by atoms with Crippen molar-refractivity contribution in [3.8, 4) is 11.6 Å². The van der Waals surface area contributed by atoms with E-state index >= 15 is 0 Å². The van der Waals surface area contributed by atoms with E-state index in [2.05, 4.69) is 31.2 Å². The Hall–Kier alpha value is -2.31. The molecule has 0 aliphatic carbocycles. The zero-order valence-corrected chi connectivity index (χ0v) is 16.0. The van der Waals surface area contributed by atoms with Crippen molar-refractivity contribution in [2.24, 2.45) is 0 Å². The molecule has 0 radical (unpaired) electrons. The van der Waals surface area contributed by atoms with Gasteiger partial charge in [-0.25, -0.2) is 4.98 Å². The summed E-state index contributed by atoms with van der Waals surface area (Å²) in [5.41, 5.74) is 9.21. The average molecular weight is 420 g/mol. The molecule has 0 unspecified atom stereocenters. The number of hydrogen-bond acceptors (Lipinski definition) is 5. The fourth-order valence-electron chi connectivity index (χ4n) is 2.34. The summed E-state index contributed by atoms with van der Waals surface area (Å²) in [6, 6.07) is 11.4. The molecule has 0 saturated heterocycles. The van der Waals surface area contributed by atoms with Crippen molar-refractivity contribution in [2.75, 3.05) is 11.1 Å². The van der Waals surface area contributed by atoms with Gasteiger partial charge < -0.3 is 15.8 Å². The Morgan fingerprint density at radius 3 is 2.52 bits per heavy atom. The van der Waals surface area contributed by atoms with E-state index in [1.165, 1.54) is 6.33 Å². The van der Waals surface area contributed by atoms with Gasteiger partial charge >= 0.3 is 0 Å². The molecule has 0 saturated carbocycles. The number of aromatic nitrogens is 2. The number of nitrogens with zero attached hydrogens (tertiary/aromatic N) is 2. The van der Waals surface area contributed by atoms with Crippen LogP contribution in [0.3, 0.4) is 0 Å². The van der Waals surface area contributed by atoms with Gasteiger partial charge in [0.1, 0.15) is 17.8 Å². The number of nitrogens with one attached hydrogen (secondary N) is 1. The molecule has 1 aromatic heterocycles. The summed E-state index contributed by atoms with van der Waals surface area (Å²) in [7, 11) is 0. The van der Waals surface area contributed by atoms with Gasteiger partial charge in [0, 0.05) is 15.2 Å². The number of anilines is 3. The molecule has 0 aliphatic heterocycles. The van der Waals surface area contributed by atoms with Crippen LogP contribution in [-0.2, 0) is 0 Å². The summed E-state index contributed by atoms with van der Waals surface area (Å²) in [5, 5.41) is 3.89. The number of aryl methyl sites for hydroxylation is 2. The van der Waals surface area contributed by atoms with E-state index in [1.807, 2.05) is 50.2 Å². The maximum atomic E-state index is 6.19. The maximum Gasteiger partial charge on any atom is 0.248 e. The molecule has 128 valence electrons. The van der Waals surface area contributed by atoms with Crippen LogP contribution >= 0.6 is 27.5 Å². The topological polar surface area (TPSA) is 73.1 Å². The second-order valence-corrected chi connectivity index (χ2v) is 6.84. The van der Waals surface area contributed by atoms with Crippen LogP contribution in [-0.4, -0.2) is 9.97 Å². The van der Waals surface area contributed by atoms with Crippen molar-refractivity contribution in [1.29, 1.82) is 0 Å². The Morgan fingerprint density at radius 2 is 1.84 bits per heavy atom. The molecule has 0 amide bonds. The molecular formula is C18H16BrClN4O. The normalized spacial score (nSPS) is 10.6. The number of rotatable bonds is 4. The van der Waals surface area contributed by atoms with Crippen LogP contribution in [0.2, 0.25) is 5.02 Å². The minimum Gasteiger partial charge on any atom is -0.437 e. The van der Waals surface area contributed by atoms with Crippen LogP contribution in [0.1, 0.15) is 11.1 Å². The highest BCUT2D eigenvalue weighted by Gasteiger charge is 2.12. The lowest BCUT2D eigenvalue weighted by Crippen LogP contribution is -2.03. The van der Waals surface area contributed by atoms with E-state index in [-0.39, 0.29) is 5.88 Å². The van der Waals surface area contributed by atoms with Crippen molar-refractivity contribution in [3.05, 3.63) is 63.3 Å². The van der Waals surface area contributed by atoms with Crippen molar-refractivity contribution in [2.45, 2.75) is 13.8 Å². The molecule has 0 spiro atoms. The van der Waals surface area contributed by atoms with Crippen LogP contribution in [0, 0.1) is 13.8 Å². The van der Waals surface area contributed by atoms with Gasteiger partial charge in [0.2, 0.25) is 5.88 Å². The fraction of sp³-hybridized carbons (Fsp3) is 0.111. The molecule has 3 N–H and O–H groups in total. The number of halogens is 2. The monoisotopic (exact) mass is 418 g/mol. The zero-order valence-electron chi connectivity index (χ0n) is 13.7. The second kappa shape index (κ2) is 7.29. The number of ether oxygens (including phenoxy) is 1. The smallest absolute Gasteiger partial charge is 0.248 e. The van der Waals surface area contributed by atoms with E-state index in [0.717, 1.165) is 26.3 Å². The van der Waals surface area contributed by atoms with Gasteiger partial charge in [-0.1, -0.05) is 33.6 Å². The minimum atomic E-state index is 0.286. The summed E-state index contributed by atoms with van der Waals surface area (Å²) in [6.07, 6.45) is 1.40. The first-order chi connectivity index (χ1) is 11.9. The average Bonchev–Trinajstić information content (AvgIpc) is 2.56. The summed E-state index contributed by atoms with van der Waals surface area (Å²) in [6.45, 7) is 3.84. The van der Waals surface area contributed by atoms with Crippen LogP contribution in [0.15, 0.2) is 47.2 Å². The second-order valence-electron chi connectivity index (χ2n) is 5.55. The first kappa shape index (κ1) is 17.5. The molecular weight excluding hydrogens is 404 g/mol. The van der Waals surface area contributed by atoms with Gasteiger partial charge in [0.15, 0.2) is 5.82 Å². The molecule has 0 atom stereocenters. The summed E-state index contributed by atoms with van der Waals surface area (Å²) < 4.78 is 6.80. The number of nitrogen functional groups attached to an aromatic ring is 1. The maximum absolute atomic E-state index is 6.19. The van der Waals surface area contributed by atoms with E-state index in [1.54, 1.807) is 0 Å². The van der Waals surface area contributed by atoms with Crippen molar-refractivity contribution in [1.82, 2.24) is 9.97 Å². The molecule has 3 rings (SSSR count). The third kappa shape index (κ3) is 4.03. The van der Waals surface area contributed by atoms with E-state index in [9.17, 15) is 0 Å². The number of hydrogen-bond donors (Lipinski definition) is 2. The summed E-state index contributed by atoms with van der Waals surface area (Å²) >= 11 is 9.63. The molecule has 2 aromatic carbocycles. The first-order valence-electron chi connectivity index (χ1n) is 7.51. The van der Waals surface area contributed by atoms with E-state index in [4.69, 9.17) is 22.1 Å². The molecule has 0 aliphatic rings. The van der Waals surface area contributed by atoms with E-state index in [0.29, 0.717) is 17.3 Å². The Balaban J connectivity index is 1.88. The lowest BCUT2D eigenvalue weighted by Gasteiger charge is -2.13. The van der Waals surface area contributed by atoms with Crippen LogP contribution < -0.4 is 15.8 Å². The SMILES string of the molecule is Cc1cc(Oc2ncnc(Nc3cccc(Br)c3)c2N)cc(C)c1Cl. The van der Waals surface area contributed by atoms with Gasteiger partial charge in [-0.15, -0.1) is 0 Å². The molecule has 0 fully saturated rings. The van der Waals surface area contributed by atoms with Crippen LogP contribution in [0.25, 0.3) is 0 Å². The lowest BCUT2D eigenvalue weighted by molar-refractivity contribution is 0.464. The molecule has 5 nitrogen and oxygen atoms in total. The number of benzene rings is 2. The quantitative estimate of drug-likeness (QED) is 0.573. The molecule has 0 bridgehead atoms. The van der Waals surface area contributed by atoms with Gasteiger partial charge in [-0.05, 0) is 55.3 Å². The predicted octanol–water partition coefficient (Wildman–Crippen LogP) is 5.63. The largest absolute Gasteiger partial charge is 0.437 e. The molecule has 1 heterocycles. The summed E-state index contributed by atoms with van der Waals surface area (Å²) in [5.74, 6) is 1.39. The van der Waals surface area contributed by atoms with Crippen molar-refractivity contribution < 1.29 is 4.74 Å². The van der Waals surface area contributed by atoms with E-state index < -0.39 is 0 Å². The van der Waals surface area contributed by atoms with Crippen molar-refractivity contribution >= 4 is 44.7 Å². The minimum absolute atomic E-state index is 0.286. The van der Waals surface area contributed by atoms with Crippen LogP contribution in [0.4, 0.5) is 17.2 Å². The van der Waals surface area contributed by atoms with Gasteiger partial charge in [-0.2, -0.15) is 4.98 Å². The van der Waals surface area contributed by atoms with Gasteiger partial charge in [0.05, 0.1) is 0 Å². The Morgan fingerprint density at radius 1 is 1.12 bits per heavy atom. The van der Waals surface area contributed by atoms with Crippen LogP contribution in [0.5, 0.6) is 11.6 Å². The van der Waals surface area contributed by atoms with Gasteiger partial charge in [-0.3, -0.25) is 0 Å². The molecule has 7 heteroatoms. The third-order valence-corrected chi connectivity index (χ3v) is 4.65. The Kier molecular flexibility index (Phi) is 5.11. The standard InChI is InChI=1S/C18H16BrClN4O/c1-10-6-14(7-11(2)15(10)20)25-18-16(21)17(22-9-23-18)24-13-5-3-4-12(19)8-13/h3-9H,21H2,1-2H3,(H,22,23,24).